The van der Waals surface area contributed by atoms with Gasteiger partial charge in [-0.3, -0.25) is 0 Å². The molecule has 2 N–H and O–H groups in total. The van der Waals surface area contributed by atoms with E-state index in [-0.39, 0.29) is 0 Å². The van der Waals surface area contributed by atoms with Gasteiger partial charge in [-0.15, -0.1) is 0 Å². The highest BCUT2D eigenvalue weighted by molar-refractivity contribution is 7.17. The van der Waals surface area contributed by atoms with E-state index < -0.39 is 11.7 Å². The summed E-state index contributed by atoms with van der Waals surface area (Å²) in [6.45, 7) is 3.35. The largest absolute Gasteiger partial charge is 0.416 e. The van der Waals surface area contributed by atoms with E-state index in [0.29, 0.717) is 27.1 Å². The number of halogens is 3. The number of hydrogen-bond donors (Lipinski definition) is 2. The monoisotopic (exact) mass is 315 g/mol. The summed E-state index contributed by atoms with van der Waals surface area (Å²) in [5.41, 5.74) is 0.615. The van der Waals surface area contributed by atoms with E-state index in [2.05, 4.69) is 15.5 Å². The Balaban J connectivity index is 2.27. The van der Waals surface area contributed by atoms with Crippen LogP contribution in [0.4, 0.5) is 24.0 Å². The lowest BCUT2D eigenvalue weighted by Gasteiger charge is -2.08. The van der Waals surface area contributed by atoms with Crippen LogP contribution in [-0.4, -0.2) is 15.9 Å². The molecule has 2 rings (SSSR count). The molecule has 0 spiro atoms. The standard InChI is InChI=1S/C13H12F3N3OS/c1-7-11(8(2)19-20)21-12(17-7)18-10-5-3-4-9(6-10)13(14,15)16/h3-6,20H,1-2H3,(H,17,18)/b19-8+. The van der Waals surface area contributed by atoms with Crippen molar-refractivity contribution in [1.82, 2.24) is 4.98 Å². The van der Waals surface area contributed by atoms with Crippen LogP contribution in [-0.2, 0) is 6.18 Å². The first kappa shape index (κ1) is 15.3. The molecule has 0 bridgehead atoms. The summed E-state index contributed by atoms with van der Waals surface area (Å²) >= 11 is 1.21. The molecule has 8 heteroatoms. The van der Waals surface area contributed by atoms with Gasteiger partial charge in [-0.05, 0) is 32.0 Å². The first-order chi connectivity index (χ1) is 9.81. The summed E-state index contributed by atoms with van der Waals surface area (Å²) < 4.78 is 37.9. The summed E-state index contributed by atoms with van der Waals surface area (Å²) in [4.78, 5) is 4.87. The Morgan fingerprint density at radius 1 is 1.38 bits per heavy atom. The first-order valence-electron chi connectivity index (χ1n) is 5.92. The van der Waals surface area contributed by atoms with Gasteiger partial charge >= 0.3 is 6.18 Å². The van der Waals surface area contributed by atoms with Gasteiger partial charge in [0, 0.05) is 5.69 Å². The minimum Gasteiger partial charge on any atom is -0.411 e. The van der Waals surface area contributed by atoms with Gasteiger partial charge in [0.15, 0.2) is 5.13 Å². The number of benzene rings is 1. The highest BCUT2D eigenvalue weighted by Gasteiger charge is 2.30. The van der Waals surface area contributed by atoms with E-state index >= 15 is 0 Å². The molecule has 0 unspecified atom stereocenters. The lowest BCUT2D eigenvalue weighted by Crippen LogP contribution is -2.05. The number of hydrogen-bond acceptors (Lipinski definition) is 5. The van der Waals surface area contributed by atoms with Crippen LogP contribution in [0.3, 0.4) is 0 Å². The lowest BCUT2D eigenvalue weighted by atomic mass is 10.2. The first-order valence-corrected chi connectivity index (χ1v) is 6.73. The van der Waals surface area contributed by atoms with Gasteiger partial charge in [0.05, 0.1) is 21.8 Å². The van der Waals surface area contributed by atoms with Crippen LogP contribution in [0.1, 0.15) is 23.1 Å². The molecule has 1 aromatic carbocycles. The fourth-order valence-electron chi connectivity index (χ4n) is 1.73. The van der Waals surface area contributed by atoms with Gasteiger partial charge in [-0.1, -0.05) is 22.6 Å². The Labute approximate surface area is 122 Å². The minimum atomic E-state index is -4.39. The number of nitrogens with zero attached hydrogens (tertiary/aromatic N) is 2. The fourth-order valence-corrected chi connectivity index (χ4v) is 2.65. The van der Waals surface area contributed by atoms with Crippen LogP contribution >= 0.6 is 11.3 Å². The van der Waals surface area contributed by atoms with Crippen molar-refractivity contribution in [1.29, 1.82) is 0 Å². The normalized spacial score (nSPS) is 12.5. The van der Waals surface area contributed by atoms with E-state index in [9.17, 15) is 13.2 Å². The maximum Gasteiger partial charge on any atom is 0.416 e. The smallest absolute Gasteiger partial charge is 0.411 e. The Kier molecular flexibility index (Phi) is 4.17. The molecule has 112 valence electrons. The summed E-state index contributed by atoms with van der Waals surface area (Å²) in [7, 11) is 0. The van der Waals surface area contributed by atoms with E-state index in [0.717, 1.165) is 12.1 Å². The molecule has 0 aliphatic carbocycles. The molecule has 0 saturated heterocycles. The van der Waals surface area contributed by atoms with Gasteiger partial charge < -0.3 is 10.5 Å². The average Bonchev–Trinajstić information content (AvgIpc) is 2.78. The van der Waals surface area contributed by atoms with Crippen molar-refractivity contribution >= 4 is 27.9 Å². The second kappa shape index (κ2) is 5.72. The molecule has 0 atom stereocenters. The van der Waals surface area contributed by atoms with Crippen molar-refractivity contribution in [2.45, 2.75) is 20.0 Å². The van der Waals surface area contributed by atoms with E-state index in [4.69, 9.17) is 5.21 Å². The van der Waals surface area contributed by atoms with Crippen molar-refractivity contribution in [2.75, 3.05) is 5.32 Å². The van der Waals surface area contributed by atoms with Gasteiger partial charge in [-0.2, -0.15) is 13.2 Å². The molecule has 4 nitrogen and oxygen atoms in total. The van der Waals surface area contributed by atoms with Gasteiger partial charge in [0.2, 0.25) is 0 Å². The third kappa shape index (κ3) is 3.52. The SMILES string of the molecule is C/C(=N\O)c1sc(Nc2cccc(C(F)(F)F)c2)nc1C. The molecule has 0 aliphatic heterocycles. The number of nitrogens with one attached hydrogen (secondary N) is 1. The fraction of sp³-hybridized carbons (Fsp3) is 0.231. The van der Waals surface area contributed by atoms with Crippen LogP contribution in [0.25, 0.3) is 0 Å². The highest BCUT2D eigenvalue weighted by atomic mass is 32.1. The van der Waals surface area contributed by atoms with Crippen LogP contribution in [0.5, 0.6) is 0 Å². The molecule has 0 aliphatic rings. The number of oxime groups is 1. The van der Waals surface area contributed by atoms with E-state index in [1.54, 1.807) is 13.8 Å². The Morgan fingerprint density at radius 2 is 2.10 bits per heavy atom. The number of alkyl halides is 3. The zero-order valence-electron chi connectivity index (χ0n) is 11.2. The van der Waals surface area contributed by atoms with E-state index in [1.165, 1.54) is 23.5 Å². The number of aromatic nitrogens is 1. The third-order valence-corrected chi connectivity index (χ3v) is 3.90. The lowest BCUT2D eigenvalue weighted by molar-refractivity contribution is -0.137. The quantitative estimate of drug-likeness (QED) is 0.501. The number of aryl methyl sites for hydroxylation is 1. The zero-order valence-corrected chi connectivity index (χ0v) is 12.0. The summed E-state index contributed by atoms with van der Waals surface area (Å²) in [5, 5.41) is 15.1. The van der Waals surface area contributed by atoms with Gasteiger partial charge in [-0.25, -0.2) is 4.98 Å². The predicted molar refractivity (Wildman–Crippen MR) is 75.6 cm³/mol. The van der Waals surface area contributed by atoms with Crippen LogP contribution in [0, 0.1) is 6.92 Å². The zero-order chi connectivity index (χ0) is 15.6. The third-order valence-electron chi connectivity index (χ3n) is 2.72. The van der Waals surface area contributed by atoms with Gasteiger partial charge in [0.25, 0.3) is 0 Å². The van der Waals surface area contributed by atoms with Crippen molar-refractivity contribution in [2.24, 2.45) is 5.16 Å². The second-order valence-corrected chi connectivity index (χ2v) is 5.32. The highest BCUT2D eigenvalue weighted by Crippen LogP contribution is 2.32. The van der Waals surface area contributed by atoms with Crippen LogP contribution < -0.4 is 5.32 Å². The number of anilines is 2. The molecule has 0 saturated carbocycles. The van der Waals surface area contributed by atoms with Gasteiger partial charge in [0.1, 0.15) is 0 Å². The molecule has 0 fully saturated rings. The Bertz CT molecular complexity index is 680. The molecule has 1 aromatic heterocycles. The average molecular weight is 315 g/mol. The molecule has 21 heavy (non-hydrogen) atoms. The van der Waals surface area contributed by atoms with Crippen LogP contribution in [0.15, 0.2) is 29.4 Å². The van der Waals surface area contributed by atoms with Crippen molar-refractivity contribution < 1.29 is 18.4 Å². The molecular weight excluding hydrogens is 303 g/mol. The molecule has 0 radical (unpaired) electrons. The molecule has 0 amide bonds. The maximum absolute atomic E-state index is 12.6. The second-order valence-electron chi connectivity index (χ2n) is 4.32. The minimum absolute atomic E-state index is 0.295. The predicted octanol–water partition coefficient (Wildman–Crippen LogP) is 4.41. The summed E-state index contributed by atoms with van der Waals surface area (Å²) in [6.07, 6.45) is -4.39. The van der Waals surface area contributed by atoms with Crippen molar-refractivity contribution in [3.05, 3.63) is 40.4 Å². The maximum atomic E-state index is 12.6. The summed E-state index contributed by atoms with van der Waals surface area (Å²) in [5.74, 6) is 0. The Morgan fingerprint density at radius 3 is 2.71 bits per heavy atom. The molecular formula is C13H12F3N3OS. The molecule has 1 heterocycles. The number of rotatable bonds is 3. The van der Waals surface area contributed by atoms with Crippen LogP contribution in [0.2, 0.25) is 0 Å². The summed E-state index contributed by atoms with van der Waals surface area (Å²) in [6, 6.07) is 4.88. The molecule has 2 aromatic rings. The van der Waals surface area contributed by atoms with Crippen molar-refractivity contribution in [3.8, 4) is 0 Å². The number of thiazole rings is 1. The van der Waals surface area contributed by atoms with E-state index in [1.807, 2.05) is 0 Å². The topological polar surface area (TPSA) is 57.5 Å². The Hall–Kier alpha value is -2.09. The van der Waals surface area contributed by atoms with Crippen molar-refractivity contribution in [3.63, 3.8) is 0 Å².